The van der Waals surface area contributed by atoms with Crippen LogP contribution < -0.4 is 4.74 Å². The molecule has 2 nitrogen and oxygen atoms in total. The van der Waals surface area contributed by atoms with E-state index in [1.807, 2.05) is 24.3 Å². The van der Waals surface area contributed by atoms with Crippen LogP contribution in [-0.2, 0) is 5.60 Å². The van der Waals surface area contributed by atoms with Crippen LogP contribution in [0.4, 0.5) is 0 Å². The van der Waals surface area contributed by atoms with Crippen molar-refractivity contribution in [3.8, 4) is 5.75 Å². The van der Waals surface area contributed by atoms with Gasteiger partial charge in [0.25, 0.3) is 0 Å². The van der Waals surface area contributed by atoms with E-state index in [2.05, 4.69) is 30.3 Å². The van der Waals surface area contributed by atoms with Gasteiger partial charge in [-0.3, -0.25) is 0 Å². The van der Waals surface area contributed by atoms with Gasteiger partial charge < -0.3 is 9.84 Å². The van der Waals surface area contributed by atoms with E-state index >= 15 is 0 Å². The molecule has 0 bridgehead atoms. The van der Waals surface area contributed by atoms with Gasteiger partial charge in [-0.05, 0) is 43.2 Å². The number of aliphatic hydroxyl groups is 1. The Balaban J connectivity index is 1.78. The fraction of sp³-hybridized carbons (Fsp3) is 0.368. The van der Waals surface area contributed by atoms with E-state index in [9.17, 15) is 5.11 Å². The molecule has 2 heteroatoms. The molecule has 0 radical (unpaired) electrons. The van der Waals surface area contributed by atoms with Crippen molar-refractivity contribution in [2.75, 3.05) is 7.11 Å². The van der Waals surface area contributed by atoms with Crippen LogP contribution in [-0.4, -0.2) is 12.2 Å². The highest BCUT2D eigenvalue weighted by Crippen LogP contribution is 2.45. The molecular weight excluding hydrogens is 260 g/mol. The van der Waals surface area contributed by atoms with Gasteiger partial charge in [0.15, 0.2) is 0 Å². The molecule has 2 aromatic rings. The normalized spacial score (nSPS) is 25.5. The Hall–Kier alpha value is -1.80. The largest absolute Gasteiger partial charge is 0.496 e. The summed E-state index contributed by atoms with van der Waals surface area (Å²) in [5.74, 6) is 1.35. The lowest BCUT2D eigenvalue weighted by Crippen LogP contribution is -2.31. The standard InChI is InChI=1S/C19H22O2/c1-21-18-10-6-5-9-17(18)19(20)13-11-16(12-14-19)15-7-3-2-4-8-15/h2-10,16,20H,11-14H2,1H3. The minimum absolute atomic E-state index is 0.557. The molecule has 0 saturated heterocycles. The van der Waals surface area contributed by atoms with Gasteiger partial charge in [0.05, 0.1) is 12.7 Å². The SMILES string of the molecule is COc1ccccc1C1(O)CCC(c2ccccc2)CC1. The second kappa shape index (κ2) is 5.90. The Morgan fingerprint density at radius 2 is 1.57 bits per heavy atom. The molecule has 2 aromatic carbocycles. The van der Waals surface area contributed by atoms with E-state index in [1.54, 1.807) is 7.11 Å². The lowest BCUT2D eigenvalue weighted by molar-refractivity contribution is -0.00753. The molecule has 0 heterocycles. The lowest BCUT2D eigenvalue weighted by Gasteiger charge is -2.37. The molecule has 1 aliphatic carbocycles. The van der Waals surface area contributed by atoms with E-state index < -0.39 is 5.60 Å². The Morgan fingerprint density at radius 3 is 2.24 bits per heavy atom. The van der Waals surface area contributed by atoms with Gasteiger partial charge in [-0.2, -0.15) is 0 Å². The van der Waals surface area contributed by atoms with Gasteiger partial charge in [-0.1, -0.05) is 48.5 Å². The van der Waals surface area contributed by atoms with Crippen LogP contribution in [0.2, 0.25) is 0 Å². The van der Waals surface area contributed by atoms with E-state index in [4.69, 9.17) is 4.74 Å². The van der Waals surface area contributed by atoms with Gasteiger partial charge in [0.2, 0.25) is 0 Å². The zero-order valence-corrected chi connectivity index (χ0v) is 12.5. The van der Waals surface area contributed by atoms with Crippen LogP contribution in [0.15, 0.2) is 54.6 Å². The van der Waals surface area contributed by atoms with Crippen molar-refractivity contribution in [1.82, 2.24) is 0 Å². The van der Waals surface area contributed by atoms with Gasteiger partial charge in [-0.15, -0.1) is 0 Å². The molecule has 0 atom stereocenters. The van der Waals surface area contributed by atoms with Crippen molar-refractivity contribution < 1.29 is 9.84 Å². The number of hydrogen-bond acceptors (Lipinski definition) is 2. The van der Waals surface area contributed by atoms with E-state index in [-0.39, 0.29) is 0 Å². The first kappa shape index (κ1) is 14.2. The predicted molar refractivity (Wildman–Crippen MR) is 84.5 cm³/mol. The van der Waals surface area contributed by atoms with Crippen LogP contribution in [0, 0.1) is 0 Å². The third-order valence-electron chi connectivity index (χ3n) is 4.69. The highest BCUT2D eigenvalue weighted by Gasteiger charge is 2.37. The molecule has 110 valence electrons. The fourth-order valence-corrected chi connectivity index (χ4v) is 3.45. The molecule has 0 aliphatic heterocycles. The predicted octanol–water partition coefficient (Wildman–Crippen LogP) is 4.24. The maximum absolute atomic E-state index is 11.0. The minimum Gasteiger partial charge on any atom is -0.496 e. The van der Waals surface area contributed by atoms with Crippen LogP contribution in [0.1, 0.15) is 42.7 Å². The first-order valence-corrected chi connectivity index (χ1v) is 7.64. The van der Waals surface area contributed by atoms with Gasteiger partial charge in [0, 0.05) is 5.56 Å². The molecular formula is C19H22O2. The molecule has 1 aliphatic rings. The van der Waals surface area contributed by atoms with Gasteiger partial charge >= 0.3 is 0 Å². The van der Waals surface area contributed by atoms with Crippen molar-refractivity contribution in [1.29, 1.82) is 0 Å². The van der Waals surface area contributed by atoms with Gasteiger partial charge in [-0.25, -0.2) is 0 Å². The Labute approximate surface area is 126 Å². The van der Waals surface area contributed by atoms with Crippen LogP contribution in [0.5, 0.6) is 5.75 Å². The third-order valence-corrected chi connectivity index (χ3v) is 4.69. The topological polar surface area (TPSA) is 29.5 Å². The third kappa shape index (κ3) is 2.81. The zero-order chi connectivity index (χ0) is 14.7. The van der Waals surface area contributed by atoms with Crippen LogP contribution in [0.3, 0.4) is 0 Å². The number of rotatable bonds is 3. The summed E-state index contributed by atoms with van der Waals surface area (Å²) in [6.07, 6.45) is 3.59. The zero-order valence-electron chi connectivity index (χ0n) is 12.5. The maximum atomic E-state index is 11.0. The molecule has 0 amide bonds. The first-order valence-electron chi connectivity index (χ1n) is 7.64. The highest BCUT2D eigenvalue weighted by molar-refractivity contribution is 5.38. The summed E-state index contributed by atoms with van der Waals surface area (Å²) in [4.78, 5) is 0. The molecule has 0 unspecified atom stereocenters. The average Bonchev–Trinajstić information content (AvgIpc) is 2.56. The fourth-order valence-electron chi connectivity index (χ4n) is 3.45. The van der Waals surface area contributed by atoms with Crippen molar-refractivity contribution in [3.05, 3.63) is 65.7 Å². The molecule has 1 N–H and O–H groups in total. The highest BCUT2D eigenvalue weighted by atomic mass is 16.5. The molecule has 3 rings (SSSR count). The van der Waals surface area contributed by atoms with Crippen molar-refractivity contribution in [2.45, 2.75) is 37.2 Å². The maximum Gasteiger partial charge on any atom is 0.124 e. The molecule has 21 heavy (non-hydrogen) atoms. The second-order valence-corrected chi connectivity index (χ2v) is 5.92. The van der Waals surface area contributed by atoms with Crippen LogP contribution >= 0.6 is 0 Å². The summed E-state index contributed by atoms with van der Waals surface area (Å²) in [6, 6.07) is 18.5. The monoisotopic (exact) mass is 282 g/mol. The van der Waals surface area contributed by atoms with Gasteiger partial charge in [0.1, 0.15) is 5.75 Å². The Bertz CT molecular complexity index is 584. The molecule has 1 fully saturated rings. The number of hydrogen-bond donors (Lipinski definition) is 1. The van der Waals surface area contributed by atoms with E-state index in [0.717, 1.165) is 37.0 Å². The smallest absolute Gasteiger partial charge is 0.124 e. The number of benzene rings is 2. The quantitative estimate of drug-likeness (QED) is 0.912. The van der Waals surface area contributed by atoms with Crippen molar-refractivity contribution in [3.63, 3.8) is 0 Å². The van der Waals surface area contributed by atoms with Crippen molar-refractivity contribution >= 4 is 0 Å². The number of ether oxygens (including phenoxy) is 1. The summed E-state index contributed by atoms with van der Waals surface area (Å²) >= 11 is 0. The van der Waals surface area contributed by atoms with E-state index in [0.29, 0.717) is 5.92 Å². The number of methoxy groups -OCH3 is 1. The first-order chi connectivity index (χ1) is 10.2. The summed E-state index contributed by atoms with van der Waals surface area (Å²) in [5.41, 5.74) is 1.57. The Kier molecular flexibility index (Phi) is 3.98. The van der Waals surface area contributed by atoms with Crippen LogP contribution in [0.25, 0.3) is 0 Å². The summed E-state index contributed by atoms with van der Waals surface area (Å²) in [7, 11) is 1.66. The molecule has 0 aromatic heterocycles. The Morgan fingerprint density at radius 1 is 0.952 bits per heavy atom. The summed E-state index contributed by atoms with van der Waals surface area (Å²) < 4.78 is 5.42. The minimum atomic E-state index is -0.752. The summed E-state index contributed by atoms with van der Waals surface area (Å²) in [6.45, 7) is 0. The molecule has 0 spiro atoms. The average molecular weight is 282 g/mol. The van der Waals surface area contributed by atoms with E-state index in [1.165, 1.54) is 5.56 Å². The summed E-state index contributed by atoms with van der Waals surface area (Å²) in [5, 5.41) is 11.0. The number of para-hydroxylation sites is 1. The second-order valence-electron chi connectivity index (χ2n) is 5.92. The molecule has 1 saturated carbocycles. The van der Waals surface area contributed by atoms with Crippen molar-refractivity contribution in [2.24, 2.45) is 0 Å². The lowest BCUT2D eigenvalue weighted by atomic mass is 9.73.